The van der Waals surface area contributed by atoms with Gasteiger partial charge in [-0.2, -0.15) is 0 Å². The van der Waals surface area contributed by atoms with E-state index >= 15 is 0 Å². The number of carbonyl (C=O) groups is 2. The van der Waals surface area contributed by atoms with Crippen LogP contribution in [0.4, 0.5) is 10.5 Å². The Balaban J connectivity index is 1.43. The molecule has 3 saturated heterocycles. The summed E-state index contributed by atoms with van der Waals surface area (Å²) >= 11 is 1.57. The van der Waals surface area contributed by atoms with Crippen molar-refractivity contribution in [2.45, 2.75) is 56.5 Å². The summed E-state index contributed by atoms with van der Waals surface area (Å²) in [6.07, 6.45) is 2.93. The molecule has 0 saturated carbocycles. The van der Waals surface area contributed by atoms with Crippen LogP contribution in [0.1, 0.15) is 44.6 Å². The average molecular weight is 442 g/mol. The van der Waals surface area contributed by atoms with Gasteiger partial charge in [0.25, 0.3) is 5.91 Å². The van der Waals surface area contributed by atoms with E-state index in [0.717, 1.165) is 50.3 Å². The lowest BCUT2D eigenvalue weighted by molar-refractivity contribution is -0.117. The Labute approximate surface area is 187 Å². The third kappa shape index (κ3) is 3.85. The van der Waals surface area contributed by atoms with E-state index in [1.54, 1.807) is 11.8 Å². The Hall–Kier alpha value is -2.03. The summed E-state index contributed by atoms with van der Waals surface area (Å²) in [6.45, 7) is 6.98. The van der Waals surface area contributed by atoms with E-state index in [1.807, 2.05) is 17.0 Å². The highest BCUT2D eigenvalue weighted by Gasteiger charge is 2.51. The van der Waals surface area contributed by atoms with Gasteiger partial charge in [0, 0.05) is 29.9 Å². The number of amides is 3. The van der Waals surface area contributed by atoms with Gasteiger partial charge in [-0.25, -0.2) is 4.79 Å². The minimum Gasteiger partial charge on any atom is -0.348 e. The largest absolute Gasteiger partial charge is 0.348 e. The van der Waals surface area contributed by atoms with Crippen LogP contribution >= 0.6 is 11.8 Å². The van der Waals surface area contributed by atoms with Crippen LogP contribution in [0.2, 0.25) is 0 Å². The van der Waals surface area contributed by atoms with E-state index in [-0.39, 0.29) is 35.3 Å². The summed E-state index contributed by atoms with van der Waals surface area (Å²) in [7, 11) is 0. The first kappa shape index (κ1) is 20.8. The molecule has 1 aromatic rings. The van der Waals surface area contributed by atoms with Crippen LogP contribution in [0.5, 0.6) is 0 Å². The van der Waals surface area contributed by atoms with E-state index in [1.165, 1.54) is 5.56 Å². The Kier molecular flexibility index (Phi) is 5.71. The number of anilines is 1. The molecule has 1 aromatic carbocycles. The summed E-state index contributed by atoms with van der Waals surface area (Å²) in [4.78, 5) is 29.0. The molecular weight excluding hydrogens is 410 g/mol. The van der Waals surface area contributed by atoms with Crippen molar-refractivity contribution >= 4 is 29.4 Å². The highest BCUT2D eigenvalue weighted by molar-refractivity contribution is 8.04. The van der Waals surface area contributed by atoms with E-state index < -0.39 is 0 Å². The molecule has 4 aliphatic heterocycles. The molecule has 4 heterocycles. The van der Waals surface area contributed by atoms with Gasteiger partial charge in [-0.15, -0.1) is 0 Å². The normalized spacial score (nSPS) is 30.3. The zero-order valence-electron chi connectivity index (χ0n) is 18.1. The summed E-state index contributed by atoms with van der Waals surface area (Å²) in [5.41, 5.74) is 2.96. The monoisotopic (exact) mass is 441 g/mol. The van der Waals surface area contributed by atoms with Crippen molar-refractivity contribution < 1.29 is 9.59 Å². The smallest absolute Gasteiger partial charge is 0.326 e. The molecule has 3 unspecified atom stereocenters. The number of hydrogen-bond acceptors (Lipinski definition) is 5. The Morgan fingerprint density at radius 2 is 2.13 bits per heavy atom. The van der Waals surface area contributed by atoms with Crippen molar-refractivity contribution in [3.63, 3.8) is 0 Å². The summed E-state index contributed by atoms with van der Waals surface area (Å²) in [6, 6.07) is 8.35. The zero-order valence-corrected chi connectivity index (χ0v) is 18.9. The van der Waals surface area contributed by atoms with Gasteiger partial charge in [0.15, 0.2) is 0 Å². The maximum Gasteiger partial charge on any atom is 0.326 e. The molecule has 3 fully saturated rings. The van der Waals surface area contributed by atoms with Crippen molar-refractivity contribution in [3.8, 4) is 0 Å². The Bertz CT molecular complexity index is 911. The molecule has 5 rings (SSSR count). The maximum atomic E-state index is 13.3. The summed E-state index contributed by atoms with van der Waals surface area (Å²) in [5, 5.41) is 13.3. The maximum absolute atomic E-state index is 13.3. The summed E-state index contributed by atoms with van der Waals surface area (Å²) in [5.74, 6) is 0.430. The minimum atomic E-state index is -0.134. The van der Waals surface area contributed by atoms with Crippen molar-refractivity contribution in [2.75, 3.05) is 24.5 Å². The van der Waals surface area contributed by atoms with Crippen molar-refractivity contribution in [3.05, 3.63) is 40.4 Å². The molecular formula is C23H31N5O2S. The number of thioether (sulfide) groups is 1. The van der Waals surface area contributed by atoms with E-state index in [0.29, 0.717) is 10.8 Å². The second-order valence-corrected chi connectivity index (χ2v) is 10.3. The van der Waals surface area contributed by atoms with Crippen LogP contribution < -0.4 is 26.2 Å². The highest BCUT2D eigenvalue weighted by atomic mass is 32.2. The number of carbonyl (C=O) groups excluding carboxylic acids is 2. The van der Waals surface area contributed by atoms with Gasteiger partial charge >= 0.3 is 6.03 Å². The molecule has 4 aliphatic rings. The predicted octanol–water partition coefficient (Wildman–Crippen LogP) is 2.47. The molecule has 7 nitrogen and oxygen atoms in total. The number of hydrogen-bond donors (Lipinski definition) is 4. The highest BCUT2D eigenvalue weighted by Crippen LogP contribution is 2.48. The molecule has 0 spiro atoms. The van der Waals surface area contributed by atoms with Crippen molar-refractivity contribution in [2.24, 2.45) is 5.92 Å². The summed E-state index contributed by atoms with van der Waals surface area (Å²) < 4.78 is 0. The number of nitrogens with zero attached hydrogens (tertiary/aromatic N) is 1. The molecule has 31 heavy (non-hydrogen) atoms. The van der Waals surface area contributed by atoms with Crippen LogP contribution in [-0.2, 0) is 4.79 Å². The Morgan fingerprint density at radius 1 is 1.26 bits per heavy atom. The molecule has 166 valence electrons. The number of nitrogens with one attached hydrogen (secondary N) is 4. The van der Waals surface area contributed by atoms with Gasteiger partial charge in [0.1, 0.15) is 0 Å². The fourth-order valence-electron chi connectivity index (χ4n) is 5.18. The quantitative estimate of drug-likeness (QED) is 0.577. The molecule has 8 heteroatoms. The van der Waals surface area contributed by atoms with Crippen LogP contribution in [0.15, 0.2) is 34.9 Å². The first-order valence-corrected chi connectivity index (χ1v) is 12.3. The molecule has 3 amide bonds. The van der Waals surface area contributed by atoms with E-state index in [2.05, 4.69) is 47.2 Å². The fraction of sp³-hybridized carbons (Fsp3) is 0.565. The topological polar surface area (TPSA) is 85.5 Å². The first-order valence-electron chi connectivity index (χ1n) is 11.4. The van der Waals surface area contributed by atoms with Crippen LogP contribution in [0, 0.1) is 5.92 Å². The van der Waals surface area contributed by atoms with Gasteiger partial charge < -0.3 is 21.3 Å². The molecule has 0 bridgehead atoms. The molecule has 0 radical (unpaired) electrons. The van der Waals surface area contributed by atoms with Gasteiger partial charge in [0.05, 0.1) is 16.3 Å². The molecule has 0 aliphatic carbocycles. The van der Waals surface area contributed by atoms with E-state index in [4.69, 9.17) is 0 Å². The van der Waals surface area contributed by atoms with E-state index in [9.17, 15) is 9.59 Å². The number of benzene rings is 1. The molecule has 4 atom stereocenters. The zero-order chi connectivity index (χ0) is 21.5. The lowest BCUT2D eigenvalue weighted by atomic mass is 9.86. The number of rotatable bonds is 4. The SMILES string of the molecule is CC(C)c1cccc(N2C(=O)NC3=C(C(=O)N[C@@H]4CCCNC4)SC4NCCC2C34)c1. The van der Waals surface area contributed by atoms with Crippen molar-refractivity contribution in [1.82, 2.24) is 21.3 Å². The number of piperidine rings is 2. The van der Waals surface area contributed by atoms with Crippen LogP contribution in [0.25, 0.3) is 0 Å². The van der Waals surface area contributed by atoms with Gasteiger partial charge in [-0.1, -0.05) is 37.7 Å². The third-order valence-corrected chi connectivity index (χ3v) is 8.15. The average Bonchev–Trinajstić information content (AvgIpc) is 3.14. The van der Waals surface area contributed by atoms with Gasteiger partial charge in [-0.05, 0) is 56.0 Å². The Morgan fingerprint density at radius 3 is 2.90 bits per heavy atom. The van der Waals surface area contributed by atoms with Crippen molar-refractivity contribution in [1.29, 1.82) is 0 Å². The fourth-order valence-corrected chi connectivity index (χ4v) is 6.58. The van der Waals surface area contributed by atoms with Gasteiger partial charge in [-0.3, -0.25) is 9.69 Å². The lowest BCUT2D eigenvalue weighted by Crippen LogP contribution is -2.62. The van der Waals surface area contributed by atoms with Gasteiger partial charge in [0.2, 0.25) is 0 Å². The minimum absolute atomic E-state index is 0.0477. The second kappa shape index (κ2) is 8.48. The number of urea groups is 1. The lowest BCUT2D eigenvalue weighted by Gasteiger charge is -2.46. The predicted molar refractivity (Wildman–Crippen MR) is 124 cm³/mol. The second-order valence-electron chi connectivity index (χ2n) is 9.18. The third-order valence-electron chi connectivity index (χ3n) is 6.79. The molecule has 0 aromatic heterocycles. The molecule has 4 N–H and O–H groups in total. The first-order chi connectivity index (χ1) is 15.0. The standard InChI is InChI=1S/C23H31N5O2S/c1-13(2)14-5-3-7-16(11-14)28-17-8-10-25-22-18(17)19(27-23(28)30)20(31-22)21(29)26-15-6-4-9-24-12-15/h3,5,7,11,13,15,17-18,22,24-25H,4,6,8-10,12H2,1-2H3,(H,26,29)(H,27,30)/t15-,17?,18?,22?/m1/s1. The van der Waals surface area contributed by atoms with Crippen LogP contribution in [-0.4, -0.2) is 49.0 Å². The van der Waals surface area contributed by atoms with Crippen LogP contribution in [0.3, 0.4) is 0 Å².